The van der Waals surface area contributed by atoms with Crippen molar-refractivity contribution in [2.45, 2.75) is 39.3 Å². The molecule has 78 valence electrons. The molecule has 0 aromatic rings. The monoisotopic (exact) mass is 202 g/mol. The van der Waals surface area contributed by atoms with E-state index >= 15 is 0 Å². The minimum Gasteiger partial charge on any atom is -0.395 e. The molecule has 13 heavy (non-hydrogen) atoms. The van der Waals surface area contributed by atoms with Crippen LogP contribution in [0.2, 0.25) is 12.6 Å². The highest BCUT2D eigenvalue weighted by atomic mass is 28.4. The van der Waals surface area contributed by atoms with Crippen molar-refractivity contribution >= 4 is 8.56 Å². The van der Waals surface area contributed by atoms with Crippen LogP contribution < -0.4 is 0 Å². The molecular formula is C10H22O2Si. The molecule has 2 nitrogen and oxygen atoms in total. The van der Waals surface area contributed by atoms with E-state index in [9.17, 15) is 0 Å². The first-order valence-corrected chi connectivity index (χ1v) is 7.59. The molecule has 0 bridgehead atoms. The fourth-order valence-electron chi connectivity index (χ4n) is 1.36. The third-order valence-corrected chi connectivity index (χ3v) is 5.00. The first kappa shape index (κ1) is 12.9. The Bertz CT molecular complexity index is 131. The fourth-order valence-corrected chi connectivity index (χ4v) is 3.80. The van der Waals surface area contributed by atoms with Gasteiger partial charge >= 0.3 is 8.56 Å². The molecule has 0 aromatic heterocycles. The molecule has 0 radical (unpaired) electrons. The van der Waals surface area contributed by atoms with Crippen LogP contribution in [-0.4, -0.2) is 21.8 Å². The Kier molecular flexibility index (Phi) is 7.23. The van der Waals surface area contributed by atoms with Crippen molar-refractivity contribution in [1.82, 2.24) is 0 Å². The Labute approximate surface area is 83.2 Å². The number of unbranched alkanes of at least 4 members (excludes halogenated alkanes) is 1. The maximum Gasteiger partial charge on any atom is 0.334 e. The van der Waals surface area contributed by atoms with Gasteiger partial charge in [0, 0.05) is 13.2 Å². The maximum absolute atomic E-state index is 5.70. The lowest BCUT2D eigenvalue weighted by Gasteiger charge is -2.25. The van der Waals surface area contributed by atoms with Crippen LogP contribution in [0.1, 0.15) is 26.7 Å². The van der Waals surface area contributed by atoms with E-state index in [4.69, 9.17) is 8.85 Å². The second-order valence-corrected chi connectivity index (χ2v) is 6.53. The Morgan fingerprint density at radius 3 is 2.15 bits per heavy atom. The summed E-state index contributed by atoms with van der Waals surface area (Å²) in [6.45, 7) is 11.4. The Hall–Kier alpha value is -0.123. The predicted octanol–water partition coefficient (Wildman–Crippen LogP) is 3.10. The van der Waals surface area contributed by atoms with E-state index in [1.807, 2.05) is 19.9 Å². The Balaban J connectivity index is 3.83. The maximum atomic E-state index is 5.70. The average molecular weight is 202 g/mol. The van der Waals surface area contributed by atoms with Gasteiger partial charge in [0.25, 0.3) is 0 Å². The lowest BCUT2D eigenvalue weighted by molar-refractivity contribution is 0.188. The van der Waals surface area contributed by atoms with Gasteiger partial charge in [-0.3, -0.25) is 0 Å². The lowest BCUT2D eigenvalue weighted by atomic mass is 10.3. The van der Waals surface area contributed by atoms with Crippen LogP contribution >= 0.6 is 0 Å². The third kappa shape index (κ3) is 6.02. The summed E-state index contributed by atoms with van der Waals surface area (Å²) in [5, 5.41) is 0. The summed E-state index contributed by atoms with van der Waals surface area (Å²) in [6, 6.07) is 1.07. The molecule has 0 aromatic carbocycles. The van der Waals surface area contributed by atoms with Crippen molar-refractivity contribution in [3.63, 3.8) is 0 Å². The summed E-state index contributed by atoms with van der Waals surface area (Å²) < 4.78 is 11.4. The van der Waals surface area contributed by atoms with Crippen LogP contribution in [0.15, 0.2) is 12.7 Å². The van der Waals surface area contributed by atoms with E-state index in [-0.39, 0.29) is 0 Å². The molecule has 0 aliphatic heterocycles. The molecule has 0 rings (SSSR count). The number of hydrogen-bond donors (Lipinski definition) is 0. The number of rotatable bonds is 8. The summed E-state index contributed by atoms with van der Waals surface area (Å²) in [6.07, 6.45) is 4.14. The van der Waals surface area contributed by atoms with Crippen LogP contribution in [0, 0.1) is 0 Å². The fraction of sp³-hybridized carbons (Fsp3) is 0.800. The summed E-state index contributed by atoms with van der Waals surface area (Å²) >= 11 is 0. The van der Waals surface area contributed by atoms with E-state index in [1.54, 1.807) is 0 Å². The smallest absolute Gasteiger partial charge is 0.334 e. The van der Waals surface area contributed by atoms with E-state index in [2.05, 4.69) is 13.1 Å². The summed E-state index contributed by atoms with van der Waals surface area (Å²) in [5.74, 6) is 0. The van der Waals surface area contributed by atoms with Gasteiger partial charge in [-0.2, -0.15) is 0 Å². The largest absolute Gasteiger partial charge is 0.395 e. The van der Waals surface area contributed by atoms with Crippen molar-refractivity contribution in [2.75, 3.05) is 13.2 Å². The lowest BCUT2D eigenvalue weighted by Crippen LogP contribution is -2.38. The van der Waals surface area contributed by atoms with Gasteiger partial charge in [-0.05, 0) is 39.3 Å². The van der Waals surface area contributed by atoms with Gasteiger partial charge in [0.15, 0.2) is 0 Å². The molecule has 0 saturated heterocycles. The standard InChI is InChI=1S/C10H22O2Si/c1-5-8-9-10-13(4,11-6-2)12-7-3/h5H,1,6-10H2,2-4H3. The molecular weight excluding hydrogens is 180 g/mol. The van der Waals surface area contributed by atoms with Gasteiger partial charge in [-0.25, -0.2) is 0 Å². The van der Waals surface area contributed by atoms with Gasteiger partial charge in [-0.15, -0.1) is 6.58 Å². The van der Waals surface area contributed by atoms with E-state index in [1.165, 1.54) is 0 Å². The normalized spacial score (nSPS) is 11.6. The molecule has 0 fully saturated rings. The van der Waals surface area contributed by atoms with Gasteiger partial charge in [0.05, 0.1) is 0 Å². The zero-order valence-electron chi connectivity index (χ0n) is 9.14. The second-order valence-electron chi connectivity index (χ2n) is 3.18. The van der Waals surface area contributed by atoms with E-state index < -0.39 is 8.56 Å². The number of allylic oxidation sites excluding steroid dienone is 1. The predicted molar refractivity (Wildman–Crippen MR) is 59.1 cm³/mol. The van der Waals surface area contributed by atoms with Crippen LogP contribution in [0.5, 0.6) is 0 Å². The molecule has 0 amide bonds. The first-order chi connectivity index (χ1) is 6.18. The highest BCUT2D eigenvalue weighted by Crippen LogP contribution is 2.17. The zero-order valence-corrected chi connectivity index (χ0v) is 10.1. The van der Waals surface area contributed by atoms with Crippen molar-refractivity contribution in [3.8, 4) is 0 Å². The third-order valence-electron chi connectivity index (χ3n) is 1.94. The van der Waals surface area contributed by atoms with E-state index in [0.717, 1.165) is 32.1 Å². The van der Waals surface area contributed by atoms with Crippen molar-refractivity contribution < 1.29 is 8.85 Å². The molecule has 0 spiro atoms. The highest BCUT2D eigenvalue weighted by Gasteiger charge is 2.29. The Morgan fingerprint density at radius 2 is 1.77 bits per heavy atom. The molecule has 0 N–H and O–H groups in total. The van der Waals surface area contributed by atoms with Crippen LogP contribution in [-0.2, 0) is 8.85 Å². The van der Waals surface area contributed by atoms with Gasteiger partial charge in [0.1, 0.15) is 0 Å². The SMILES string of the molecule is C=CCCC[Si](C)(OCC)OCC. The minimum absolute atomic E-state index is 0.761. The Morgan fingerprint density at radius 1 is 1.23 bits per heavy atom. The molecule has 0 heterocycles. The molecule has 0 saturated carbocycles. The zero-order chi connectivity index (χ0) is 10.2. The van der Waals surface area contributed by atoms with Gasteiger partial charge in [-0.1, -0.05) is 6.08 Å². The molecule has 0 atom stereocenters. The summed E-state index contributed by atoms with van der Waals surface area (Å²) in [4.78, 5) is 0. The van der Waals surface area contributed by atoms with E-state index in [0.29, 0.717) is 0 Å². The van der Waals surface area contributed by atoms with Gasteiger partial charge < -0.3 is 8.85 Å². The van der Waals surface area contributed by atoms with Crippen LogP contribution in [0.3, 0.4) is 0 Å². The molecule has 0 aliphatic carbocycles. The average Bonchev–Trinajstić information content (AvgIpc) is 2.05. The molecule has 0 unspecified atom stereocenters. The van der Waals surface area contributed by atoms with Crippen LogP contribution in [0.25, 0.3) is 0 Å². The van der Waals surface area contributed by atoms with Crippen molar-refractivity contribution in [2.24, 2.45) is 0 Å². The second kappa shape index (κ2) is 7.30. The first-order valence-electron chi connectivity index (χ1n) is 5.07. The topological polar surface area (TPSA) is 18.5 Å². The molecule has 0 aliphatic rings. The number of hydrogen-bond acceptors (Lipinski definition) is 2. The van der Waals surface area contributed by atoms with Gasteiger partial charge in [0.2, 0.25) is 0 Å². The van der Waals surface area contributed by atoms with Crippen molar-refractivity contribution in [1.29, 1.82) is 0 Å². The highest BCUT2D eigenvalue weighted by molar-refractivity contribution is 6.66. The molecule has 3 heteroatoms. The van der Waals surface area contributed by atoms with Crippen molar-refractivity contribution in [3.05, 3.63) is 12.7 Å². The van der Waals surface area contributed by atoms with Crippen LogP contribution in [0.4, 0.5) is 0 Å². The quantitative estimate of drug-likeness (QED) is 0.342. The minimum atomic E-state index is -1.83. The summed E-state index contributed by atoms with van der Waals surface area (Å²) in [7, 11) is -1.83. The summed E-state index contributed by atoms with van der Waals surface area (Å²) in [5.41, 5.74) is 0.